The molecule has 2 aromatic rings. The lowest BCUT2D eigenvalue weighted by molar-refractivity contribution is -0.152. The highest BCUT2D eigenvalue weighted by molar-refractivity contribution is 5.94. The monoisotopic (exact) mass is 451 g/mol. The van der Waals surface area contributed by atoms with Crippen molar-refractivity contribution in [2.75, 3.05) is 6.61 Å². The van der Waals surface area contributed by atoms with Crippen LogP contribution in [0.2, 0.25) is 0 Å². The zero-order valence-electron chi connectivity index (χ0n) is 18.3. The molecule has 0 spiro atoms. The number of amides is 3. The van der Waals surface area contributed by atoms with Crippen molar-refractivity contribution in [1.29, 1.82) is 0 Å². The number of hydrogen-bond acceptors (Lipinski definition) is 5. The topological polar surface area (TPSA) is 125 Å². The van der Waals surface area contributed by atoms with E-state index in [-0.39, 0.29) is 18.9 Å². The molecule has 9 heteroatoms. The van der Waals surface area contributed by atoms with Gasteiger partial charge in [-0.3, -0.25) is 15.0 Å². The molecule has 0 bridgehead atoms. The SMILES string of the molecule is CC(NC(=O)OCC1c2ccccc2-c2ccccc21)C(C)C(=O)N1NC(=O)CC1C(=O)O. The zero-order valence-corrected chi connectivity index (χ0v) is 18.3. The first-order chi connectivity index (χ1) is 15.8. The number of aliphatic carboxylic acids is 1. The maximum atomic E-state index is 12.7. The lowest BCUT2D eigenvalue weighted by Gasteiger charge is -2.27. The Morgan fingerprint density at radius 2 is 1.67 bits per heavy atom. The average Bonchev–Trinajstić information content (AvgIpc) is 3.35. The van der Waals surface area contributed by atoms with Gasteiger partial charge >= 0.3 is 12.1 Å². The normalized spacial score (nSPS) is 18.7. The van der Waals surface area contributed by atoms with Crippen LogP contribution < -0.4 is 10.7 Å². The van der Waals surface area contributed by atoms with E-state index in [0.717, 1.165) is 27.3 Å². The van der Waals surface area contributed by atoms with Crippen molar-refractivity contribution in [3.63, 3.8) is 0 Å². The van der Waals surface area contributed by atoms with Crippen LogP contribution >= 0.6 is 0 Å². The van der Waals surface area contributed by atoms with Crippen LogP contribution in [0.4, 0.5) is 4.79 Å². The maximum absolute atomic E-state index is 12.7. The third-order valence-electron chi connectivity index (χ3n) is 6.29. The standard InChI is InChI=1S/C24H25N3O6/c1-13(22(29)27-20(23(30)31)11-21(28)26-27)14(2)25-24(32)33-12-19-17-9-5-3-7-15(17)16-8-4-6-10-18(16)19/h3-10,13-14,19-20H,11-12H2,1-2H3,(H,25,32)(H,26,28)(H,30,31). The largest absolute Gasteiger partial charge is 0.480 e. The predicted octanol–water partition coefficient (Wildman–Crippen LogP) is 2.27. The molecule has 3 N–H and O–H groups in total. The van der Waals surface area contributed by atoms with E-state index in [1.54, 1.807) is 13.8 Å². The molecule has 3 unspecified atom stereocenters. The first kappa shape index (κ1) is 22.3. The molecule has 2 aliphatic rings. The first-order valence-electron chi connectivity index (χ1n) is 10.7. The molecule has 0 aromatic heterocycles. The molecule has 0 radical (unpaired) electrons. The molecule has 4 rings (SSSR count). The van der Waals surface area contributed by atoms with Gasteiger partial charge in [0.1, 0.15) is 6.61 Å². The number of carboxylic acid groups (broad SMARTS) is 1. The Morgan fingerprint density at radius 3 is 2.24 bits per heavy atom. The van der Waals surface area contributed by atoms with Gasteiger partial charge in [0, 0.05) is 12.0 Å². The van der Waals surface area contributed by atoms with Gasteiger partial charge in [-0.05, 0) is 29.2 Å². The minimum absolute atomic E-state index is 0.0892. The van der Waals surface area contributed by atoms with Gasteiger partial charge in [0.2, 0.25) is 11.8 Å². The van der Waals surface area contributed by atoms with Crippen molar-refractivity contribution in [2.45, 2.75) is 38.3 Å². The zero-order chi connectivity index (χ0) is 23.7. The third-order valence-corrected chi connectivity index (χ3v) is 6.29. The molecule has 1 aliphatic heterocycles. The number of rotatable bonds is 6. The summed E-state index contributed by atoms with van der Waals surface area (Å²) in [5.41, 5.74) is 6.70. The number of fused-ring (bicyclic) bond motifs is 3. The first-order valence-corrected chi connectivity index (χ1v) is 10.7. The van der Waals surface area contributed by atoms with Crippen molar-refractivity contribution < 1.29 is 29.0 Å². The minimum atomic E-state index is -1.27. The molecular formula is C24H25N3O6. The molecule has 0 saturated carbocycles. The summed E-state index contributed by atoms with van der Waals surface area (Å²) >= 11 is 0. The van der Waals surface area contributed by atoms with Crippen LogP contribution in [-0.2, 0) is 19.1 Å². The number of carbonyl (C=O) groups is 4. The van der Waals surface area contributed by atoms with Crippen LogP contribution in [0.25, 0.3) is 11.1 Å². The molecule has 33 heavy (non-hydrogen) atoms. The van der Waals surface area contributed by atoms with E-state index >= 15 is 0 Å². The highest BCUT2D eigenvalue weighted by atomic mass is 16.5. The van der Waals surface area contributed by atoms with Crippen molar-refractivity contribution in [1.82, 2.24) is 15.8 Å². The van der Waals surface area contributed by atoms with Gasteiger partial charge < -0.3 is 15.2 Å². The average molecular weight is 451 g/mol. The molecule has 1 fully saturated rings. The Kier molecular flexibility index (Phi) is 6.04. The fourth-order valence-electron chi connectivity index (χ4n) is 4.32. The summed E-state index contributed by atoms with van der Waals surface area (Å²) < 4.78 is 5.50. The number of carbonyl (C=O) groups excluding carboxylic acids is 3. The van der Waals surface area contributed by atoms with E-state index < -0.39 is 41.9 Å². The van der Waals surface area contributed by atoms with Gasteiger partial charge in [0.05, 0.1) is 12.3 Å². The fourth-order valence-corrected chi connectivity index (χ4v) is 4.32. The quantitative estimate of drug-likeness (QED) is 0.619. The van der Waals surface area contributed by atoms with Gasteiger partial charge in [-0.2, -0.15) is 0 Å². The number of benzene rings is 2. The fraction of sp³-hybridized carbons (Fsp3) is 0.333. The van der Waals surface area contributed by atoms with E-state index in [9.17, 15) is 24.3 Å². The molecule has 9 nitrogen and oxygen atoms in total. The molecular weight excluding hydrogens is 426 g/mol. The van der Waals surface area contributed by atoms with Gasteiger partial charge in [-0.25, -0.2) is 14.6 Å². The second-order valence-electron chi connectivity index (χ2n) is 8.35. The number of nitrogens with zero attached hydrogens (tertiary/aromatic N) is 1. The lowest BCUT2D eigenvalue weighted by Crippen LogP contribution is -2.52. The minimum Gasteiger partial charge on any atom is -0.480 e. The molecule has 3 atom stereocenters. The van der Waals surface area contributed by atoms with Crippen molar-refractivity contribution in [2.24, 2.45) is 5.92 Å². The van der Waals surface area contributed by atoms with Crippen molar-refractivity contribution in [3.05, 3.63) is 59.7 Å². The summed E-state index contributed by atoms with van der Waals surface area (Å²) in [4.78, 5) is 48.1. The van der Waals surface area contributed by atoms with Crippen LogP contribution in [0.3, 0.4) is 0 Å². The van der Waals surface area contributed by atoms with Crippen LogP contribution in [0.15, 0.2) is 48.5 Å². The number of nitrogens with one attached hydrogen (secondary N) is 2. The molecule has 1 aliphatic carbocycles. The van der Waals surface area contributed by atoms with Gasteiger partial charge in [0.15, 0.2) is 6.04 Å². The second-order valence-corrected chi connectivity index (χ2v) is 8.35. The maximum Gasteiger partial charge on any atom is 0.407 e. The summed E-state index contributed by atoms with van der Waals surface area (Å²) in [6, 6.07) is 14.1. The number of alkyl carbamates (subject to hydrolysis) is 1. The molecule has 3 amide bonds. The highest BCUT2D eigenvalue weighted by Gasteiger charge is 2.41. The molecule has 172 valence electrons. The Morgan fingerprint density at radius 1 is 1.09 bits per heavy atom. The summed E-state index contributed by atoms with van der Waals surface area (Å²) in [6.07, 6.45) is -0.980. The molecule has 1 saturated heterocycles. The van der Waals surface area contributed by atoms with Crippen molar-refractivity contribution >= 4 is 23.9 Å². The number of carboxylic acids is 1. The van der Waals surface area contributed by atoms with E-state index in [1.807, 2.05) is 48.5 Å². The number of ether oxygens (including phenoxy) is 1. The summed E-state index contributed by atoms with van der Waals surface area (Å²) in [5.74, 6) is -3.29. The molecule has 2 aromatic carbocycles. The Labute approximate surface area is 190 Å². The van der Waals surface area contributed by atoms with Crippen LogP contribution in [0.5, 0.6) is 0 Å². The van der Waals surface area contributed by atoms with Gasteiger partial charge in [-0.1, -0.05) is 55.5 Å². The van der Waals surface area contributed by atoms with Crippen LogP contribution in [0.1, 0.15) is 37.3 Å². The summed E-state index contributed by atoms with van der Waals surface area (Å²) in [7, 11) is 0. The van der Waals surface area contributed by atoms with Gasteiger partial charge in [0.25, 0.3) is 0 Å². The second kappa shape index (κ2) is 8.93. The van der Waals surface area contributed by atoms with E-state index in [4.69, 9.17) is 4.74 Å². The van der Waals surface area contributed by atoms with Crippen LogP contribution in [0, 0.1) is 5.92 Å². The Bertz CT molecular complexity index is 1070. The van der Waals surface area contributed by atoms with E-state index in [1.165, 1.54) is 0 Å². The highest BCUT2D eigenvalue weighted by Crippen LogP contribution is 2.44. The Hall–Kier alpha value is -3.88. The lowest BCUT2D eigenvalue weighted by atomic mass is 9.98. The predicted molar refractivity (Wildman–Crippen MR) is 118 cm³/mol. The summed E-state index contributed by atoms with van der Waals surface area (Å²) in [5, 5.41) is 12.7. The summed E-state index contributed by atoms with van der Waals surface area (Å²) in [6.45, 7) is 3.32. The smallest absolute Gasteiger partial charge is 0.407 e. The van der Waals surface area contributed by atoms with Crippen LogP contribution in [-0.4, -0.2) is 52.7 Å². The van der Waals surface area contributed by atoms with E-state index in [0.29, 0.717) is 0 Å². The molecule has 1 heterocycles. The van der Waals surface area contributed by atoms with E-state index in [2.05, 4.69) is 10.7 Å². The third kappa shape index (κ3) is 4.26. The number of hydrazine groups is 1. The van der Waals surface area contributed by atoms with Gasteiger partial charge in [-0.15, -0.1) is 0 Å². The van der Waals surface area contributed by atoms with Crippen molar-refractivity contribution in [3.8, 4) is 11.1 Å². The Balaban J connectivity index is 1.37. The number of hydrogen-bond donors (Lipinski definition) is 3.